The van der Waals surface area contributed by atoms with Crippen LogP contribution in [0.4, 0.5) is 4.39 Å². The van der Waals surface area contributed by atoms with E-state index in [1.54, 1.807) is 18.2 Å². The number of nitrogens with zero attached hydrogens (tertiary/aromatic N) is 2. The van der Waals surface area contributed by atoms with Gasteiger partial charge in [-0.2, -0.15) is 0 Å². The highest BCUT2D eigenvalue weighted by Gasteiger charge is 2.28. The third-order valence-corrected chi connectivity index (χ3v) is 5.19. The van der Waals surface area contributed by atoms with Crippen molar-refractivity contribution < 1.29 is 23.5 Å². The van der Waals surface area contributed by atoms with E-state index in [4.69, 9.17) is 21.1 Å². The molecule has 2 amide bonds. The molecular formula is C22H17BrClFN2O4. The van der Waals surface area contributed by atoms with Crippen LogP contribution in [-0.4, -0.2) is 35.9 Å². The summed E-state index contributed by atoms with van der Waals surface area (Å²) < 4.78 is 25.0. The normalized spacial score (nSPS) is 10.5. The van der Waals surface area contributed by atoms with Gasteiger partial charge in [0.15, 0.2) is 0 Å². The van der Waals surface area contributed by atoms with Gasteiger partial charge in [0.1, 0.15) is 17.3 Å². The Morgan fingerprint density at radius 2 is 1.84 bits per heavy atom. The predicted octanol–water partition coefficient (Wildman–Crippen LogP) is 5.14. The molecule has 0 radical (unpaired) electrons. The Balaban J connectivity index is 2.07. The van der Waals surface area contributed by atoms with E-state index in [2.05, 4.69) is 20.9 Å². The van der Waals surface area contributed by atoms with Gasteiger partial charge in [-0.3, -0.25) is 19.5 Å². The average Bonchev–Trinajstić information content (AvgIpc) is 2.78. The summed E-state index contributed by atoms with van der Waals surface area (Å²) in [6.45, 7) is -0.149. The van der Waals surface area contributed by atoms with Crippen molar-refractivity contribution in [1.29, 1.82) is 0 Å². The Hall–Kier alpha value is -2.97. The molecule has 0 unspecified atom stereocenters. The monoisotopic (exact) mass is 506 g/mol. The van der Waals surface area contributed by atoms with E-state index < -0.39 is 17.6 Å². The molecule has 0 saturated carbocycles. The average molecular weight is 508 g/mol. The molecule has 0 aliphatic heterocycles. The third kappa shape index (κ3) is 5.21. The minimum atomic E-state index is -0.757. The van der Waals surface area contributed by atoms with Gasteiger partial charge in [-0.25, -0.2) is 4.39 Å². The molecule has 31 heavy (non-hydrogen) atoms. The second-order valence-electron chi connectivity index (χ2n) is 6.39. The van der Waals surface area contributed by atoms with Crippen molar-refractivity contribution in [2.75, 3.05) is 14.2 Å². The number of methoxy groups -OCH3 is 2. The maximum atomic E-state index is 13.8. The standard InChI is InChI=1S/C22H17BrClFN2O4/c1-30-17-5-3-13(20(9-17)31-2)12-27(21(28)14-7-15(23)11-26-10-14)22(29)18-8-16(25)4-6-19(18)24/h3-11H,12H2,1-2H3. The number of benzene rings is 2. The number of hydrogen-bond acceptors (Lipinski definition) is 5. The number of rotatable bonds is 6. The van der Waals surface area contributed by atoms with Crippen LogP contribution in [0.15, 0.2) is 59.3 Å². The van der Waals surface area contributed by atoms with Crippen molar-refractivity contribution in [3.05, 3.63) is 86.9 Å². The number of amides is 2. The van der Waals surface area contributed by atoms with Crippen LogP contribution in [0.25, 0.3) is 0 Å². The second kappa shape index (κ2) is 9.89. The topological polar surface area (TPSA) is 68.7 Å². The summed E-state index contributed by atoms with van der Waals surface area (Å²) in [6.07, 6.45) is 2.85. The molecular weight excluding hydrogens is 491 g/mol. The zero-order valence-corrected chi connectivity index (χ0v) is 18.9. The van der Waals surface area contributed by atoms with E-state index in [1.165, 1.54) is 38.7 Å². The summed E-state index contributed by atoms with van der Waals surface area (Å²) in [6, 6.07) is 9.93. The molecule has 0 N–H and O–H groups in total. The Morgan fingerprint density at radius 1 is 1.06 bits per heavy atom. The van der Waals surface area contributed by atoms with Crippen LogP contribution in [-0.2, 0) is 6.54 Å². The van der Waals surface area contributed by atoms with Crippen LogP contribution in [0.5, 0.6) is 11.5 Å². The van der Waals surface area contributed by atoms with E-state index in [9.17, 15) is 14.0 Å². The first kappa shape index (κ1) is 22.7. The zero-order valence-electron chi connectivity index (χ0n) is 16.6. The summed E-state index contributed by atoms with van der Waals surface area (Å²) >= 11 is 9.39. The molecule has 0 bridgehead atoms. The first-order valence-electron chi connectivity index (χ1n) is 8.96. The number of ether oxygens (including phenoxy) is 2. The molecule has 1 aromatic heterocycles. The van der Waals surface area contributed by atoms with Gasteiger partial charge in [-0.05, 0) is 52.3 Å². The van der Waals surface area contributed by atoms with Gasteiger partial charge in [0.25, 0.3) is 11.8 Å². The number of imide groups is 1. The molecule has 160 valence electrons. The van der Waals surface area contributed by atoms with Crippen LogP contribution in [0.1, 0.15) is 26.3 Å². The van der Waals surface area contributed by atoms with Gasteiger partial charge in [-0.15, -0.1) is 0 Å². The largest absolute Gasteiger partial charge is 0.497 e. The number of carbonyl (C=O) groups is 2. The molecule has 2 aromatic carbocycles. The Morgan fingerprint density at radius 3 is 2.52 bits per heavy atom. The highest BCUT2D eigenvalue weighted by molar-refractivity contribution is 9.10. The van der Waals surface area contributed by atoms with Crippen LogP contribution in [0, 0.1) is 5.82 Å². The van der Waals surface area contributed by atoms with Gasteiger partial charge in [0.05, 0.1) is 36.9 Å². The number of halogens is 3. The SMILES string of the molecule is COc1ccc(CN(C(=O)c2cncc(Br)c2)C(=O)c2cc(F)ccc2Cl)c(OC)c1. The molecule has 0 saturated heterocycles. The number of aromatic nitrogens is 1. The molecule has 0 aliphatic carbocycles. The summed E-state index contributed by atoms with van der Waals surface area (Å²) in [5, 5.41) is 0.0262. The fourth-order valence-corrected chi connectivity index (χ4v) is 3.44. The number of pyridine rings is 1. The molecule has 0 aliphatic rings. The minimum absolute atomic E-state index is 0.0262. The lowest BCUT2D eigenvalue weighted by Gasteiger charge is -2.23. The first-order chi connectivity index (χ1) is 14.8. The van der Waals surface area contributed by atoms with Gasteiger partial charge >= 0.3 is 0 Å². The van der Waals surface area contributed by atoms with Crippen molar-refractivity contribution in [2.45, 2.75) is 6.54 Å². The molecule has 1 heterocycles. The molecule has 0 atom stereocenters. The van der Waals surface area contributed by atoms with E-state index in [1.807, 2.05) is 0 Å². The maximum absolute atomic E-state index is 13.8. The summed E-state index contributed by atoms with van der Waals surface area (Å²) in [5.41, 5.74) is 0.577. The lowest BCUT2D eigenvalue weighted by Crippen LogP contribution is -2.37. The van der Waals surface area contributed by atoms with Gasteiger partial charge in [-0.1, -0.05) is 11.6 Å². The van der Waals surface area contributed by atoms with Crippen LogP contribution in [0.3, 0.4) is 0 Å². The van der Waals surface area contributed by atoms with E-state index in [-0.39, 0.29) is 22.7 Å². The first-order valence-corrected chi connectivity index (χ1v) is 10.1. The van der Waals surface area contributed by atoms with Crippen molar-refractivity contribution in [3.8, 4) is 11.5 Å². The van der Waals surface area contributed by atoms with Crippen molar-refractivity contribution >= 4 is 39.3 Å². The fourth-order valence-electron chi connectivity index (χ4n) is 2.88. The van der Waals surface area contributed by atoms with Crippen molar-refractivity contribution in [3.63, 3.8) is 0 Å². The van der Waals surface area contributed by atoms with E-state index in [0.717, 1.165) is 17.0 Å². The Kier molecular flexibility index (Phi) is 7.25. The lowest BCUT2D eigenvalue weighted by molar-refractivity contribution is 0.0602. The van der Waals surface area contributed by atoms with Crippen LogP contribution in [0.2, 0.25) is 5.02 Å². The molecule has 3 rings (SSSR count). The Labute approximate surface area is 191 Å². The van der Waals surface area contributed by atoms with E-state index in [0.29, 0.717) is 21.5 Å². The highest BCUT2D eigenvalue weighted by atomic mass is 79.9. The fraction of sp³-hybridized carbons (Fsp3) is 0.136. The highest BCUT2D eigenvalue weighted by Crippen LogP contribution is 2.28. The third-order valence-electron chi connectivity index (χ3n) is 4.42. The molecule has 9 heteroatoms. The quantitative estimate of drug-likeness (QED) is 0.432. The van der Waals surface area contributed by atoms with Crippen molar-refractivity contribution in [1.82, 2.24) is 9.88 Å². The second-order valence-corrected chi connectivity index (χ2v) is 7.71. The van der Waals surface area contributed by atoms with Gasteiger partial charge < -0.3 is 9.47 Å². The Bertz CT molecular complexity index is 1140. The molecule has 3 aromatic rings. The lowest BCUT2D eigenvalue weighted by atomic mass is 10.1. The van der Waals surface area contributed by atoms with Crippen molar-refractivity contribution in [2.24, 2.45) is 0 Å². The summed E-state index contributed by atoms with van der Waals surface area (Å²) in [7, 11) is 2.98. The summed E-state index contributed by atoms with van der Waals surface area (Å²) in [5.74, 6) is -1.06. The van der Waals surface area contributed by atoms with Gasteiger partial charge in [0, 0.05) is 28.5 Å². The zero-order chi connectivity index (χ0) is 22.5. The molecule has 6 nitrogen and oxygen atoms in total. The number of hydrogen-bond donors (Lipinski definition) is 0. The van der Waals surface area contributed by atoms with Gasteiger partial charge in [0.2, 0.25) is 0 Å². The minimum Gasteiger partial charge on any atom is -0.497 e. The van der Waals surface area contributed by atoms with E-state index >= 15 is 0 Å². The maximum Gasteiger partial charge on any atom is 0.262 e. The van der Waals surface area contributed by atoms with Crippen LogP contribution >= 0.6 is 27.5 Å². The summed E-state index contributed by atoms with van der Waals surface area (Å²) in [4.78, 5) is 31.5. The number of carbonyl (C=O) groups excluding carboxylic acids is 2. The smallest absolute Gasteiger partial charge is 0.262 e. The van der Waals surface area contributed by atoms with Crippen LogP contribution < -0.4 is 9.47 Å². The predicted molar refractivity (Wildman–Crippen MR) is 117 cm³/mol. The molecule has 0 fully saturated rings. The molecule has 0 spiro atoms.